The maximum atomic E-state index is 11.9. The van der Waals surface area contributed by atoms with Crippen LogP contribution >= 0.6 is 0 Å². The van der Waals surface area contributed by atoms with Crippen LogP contribution in [0.2, 0.25) is 0 Å². The molecular weight excluding hydrogens is 264 g/mol. The molecule has 0 saturated carbocycles. The fourth-order valence-electron chi connectivity index (χ4n) is 2.02. The summed E-state index contributed by atoms with van der Waals surface area (Å²) in [6, 6.07) is 5.73. The maximum absolute atomic E-state index is 11.9. The molecular formula is C14H16O6. The minimum absolute atomic E-state index is 0.0724. The van der Waals surface area contributed by atoms with E-state index in [2.05, 4.69) is 0 Å². The number of hydrogen-bond acceptors (Lipinski definition) is 6. The van der Waals surface area contributed by atoms with Gasteiger partial charge in [-0.2, -0.15) is 0 Å². The lowest BCUT2D eigenvalue weighted by atomic mass is 10.0. The van der Waals surface area contributed by atoms with E-state index in [9.17, 15) is 14.7 Å². The summed E-state index contributed by atoms with van der Waals surface area (Å²) in [5.74, 6) is -4.06. The zero-order valence-corrected chi connectivity index (χ0v) is 11.0. The molecule has 20 heavy (non-hydrogen) atoms. The normalized spacial score (nSPS) is 18.6. The highest BCUT2D eigenvalue weighted by Crippen LogP contribution is 2.26. The lowest BCUT2D eigenvalue weighted by Crippen LogP contribution is -2.41. The van der Waals surface area contributed by atoms with Gasteiger partial charge in [-0.3, -0.25) is 0 Å². The maximum Gasteiger partial charge on any atom is 0.373 e. The first-order chi connectivity index (χ1) is 9.43. The van der Waals surface area contributed by atoms with E-state index < -0.39 is 17.9 Å². The molecule has 2 heterocycles. The molecule has 1 unspecified atom stereocenters. The van der Waals surface area contributed by atoms with Crippen molar-refractivity contribution in [3.8, 4) is 0 Å². The van der Waals surface area contributed by atoms with Gasteiger partial charge in [0.05, 0.1) is 17.5 Å². The molecule has 1 aromatic carbocycles. The van der Waals surface area contributed by atoms with Crippen LogP contribution in [0.3, 0.4) is 0 Å². The third-order valence-corrected chi connectivity index (χ3v) is 3.09. The van der Waals surface area contributed by atoms with Crippen molar-refractivity contribution in [2.45, 2.75) is 25.7 Å². The van der Waals surface area contributed by atoms with Crippen molar-refractivity contribution in [1.82, 2.24) is 0 Å². The predicted octanol–water partition coefficient (Wildman–Crippen LogP) is 1.07. The van der Waals surface area contributed by atoms with Crippen molar-refractivity contribution in [3.63, 3.8) is 0 Å². The Morgan fingerprint density at radius 2 is 1.55 bits per heavy atom. The number of carbonyl (C=O) groups is 2. The summed E-state index contributed by atoms with van der Waals surface area (Å²) < 4.78 is 9.83. The predicted molar refractivity (Wildman–Crippen MR) is 67.7 cm³/mol. The SMILES string of the molecule is CC(CCO)CC1(O)OC(=O)c2ccc(cc2)C(=O)O1. The second-order valence-electron chi connectivity index (χ2n) is 4.89. The summed E-state index contributed by atoms with van der Waals surface area (Å²) in [6.07, 6.45) is 0.284. The Hall–Kier alpha value is -1.92. The number of carbonyl (C=O) groups excluding carboxylic acids is 2. The third-order valence-electron chi connectivity index (χ3n) is 3.09. The standard InChI is InChI=1S/C14H16O6/c1-9(6-7-15)8-14(18)19-12(16)10-2-3-11(5-4-10)13(17)20-14/h2-5,9,15,18H,6-8H2,1H3. The Labute approximate surface area is 115 Å². The van der Waals surface area contributed by atoms with E-state index in [-0.39, 0.29) is 30.1 Å². The van der Waals surface area contributed by atoms with Gasteiger partial charge in [-0.25, -0.2) is 9.59 Å². The van der Waals surface area contributed by atoms with Crippen LogP contribution in [0.15, 0.2) is 24.3 Å². The molecule has 108 valence electrons. The molecule has 0 spiro atoms. The number of aliphatic hydroxyl groups excluding tert-OH is 1. The fraction of sp³-hybridized carbons (Fsp3) is 0.429. The molecule has 6 nitrogen and oxygen atoms in total. The van der Waals surface area contributed by atoms with Gasteiger partial charge in [0.1, 0.15) is 0 Å². The largest absolute Gasteiger partial charge is 0.396 e. The van der Waals surface area contributed by atoms with E-state index in [1.54, 1.807) is 6.92 Å². The number of ether oxygens (including phenoxy) is 2. The number of fused-ring (bicyclic) bond motifs is 6. The van der Waals surface area contributed by atoms with E-state index >= 15 is 0 Å². The van der Waals surface area contributed by atoms with Crippen LogP contribution in [-0.4, -0.2) is 34.7 Å². The zero-order valence-electron chi connectivity index (χ0n) is 11.0. The van der Waals surface area contributed by atoms with Gasteiger partial charge in [0, 0.05) is 6.61 Å². The molecule has 1 atom stereocenters. The van der Waals surface area contributed by atoms with Crippen LogP contribution in [0, 0.1) is 5.92 Å². The summed E-state index contributed by atoms with van der Waals surface area (Å²) in [7, 11) is 0. The molecule has 0 saturated heterocycles. The van der Waals surface area contributed by atoms with Gasteiger partial charge >= 0.3 is 17.9 Å². The van der Waals surface area contributed by atoms with Crippen molar-refractivity contribution < 1.29 is 29.3 Å². The van der Waals surface area contributed by atoms with E-state index in [1.807, 2.05) is 0 Å². The first kappa shape index (κ1) is 14.5. The number of rotatable bonds is 4. The summed E-state index contributed by atoms with van der Waals surface area (Å²) >= 11 is 0. The van der Waals surface area contributed by atoms with Crippen molar-refractivity contribution in [3.05, 3.63) is 35.4 Å². The molecule has 0 radical (unpaired) electrons. The van der Waals surface area contributed by atoms with Gasteiger partial charge in [0.15, 0.2) is 0 Å². The number of esters is 2. The van der Waals surface area contributed by atoms with Crippen LogP contribution in [0.5, 0.6) is 0 Å². The molecule has 0 amide bonds. The van der Waals surface area contributed by atoms with Crippen LogP contribution in [0.1, 0.15) is 40.5 Å². The molecule has 2 aliphatic rings. The third kappa shape index (κ3) is 3.15. The molecule has 2 N–H and O–H groups in total. The topological polar surface area (TPSA) is 93.1 Å². The Balaban J connectivity index is 2.25. The lowest BCUT2D eigenvalue weighted by Gasteiger charge is -2.28. The van der Waals surface area contributed by atoms with Crippen molar-refractivity contribution >= 4 is 11.9 Å². The van der Waals surface area contributed by atoms with E-state index in [0.717, 1.165) is 0 Å². The minimum atomic E-state index is -2.32. The van der Waals surface area contributed by atoms with E-state index in [1.165, 1.54) is 24.3 Å². The zero-order chi connectivity index (χ0) is 14.8. The molecule has 0 aliphatic carbocycles. The fourth-order valence-corrected chi connectivity index (χ4v) is 2.02. The smallest absolute Gasteiger partial charge is 0.373 e. The van der Waals surface area contributed by atoms with E-state index in [4.69, 9.17) is 14.6 Å². The number of hydrogen-bond donors (Lipinski definition) is 2. The van der Waals surface area contributed by atoms with Gasteiger partial charge in [0.25, 0.3) is 0 Å². The molecule has 1 aromatic rings. The first-order valence-corrected chi connectivity index (χ1v) is 6.33. The van der Waals surface area contributed by atoms with Gasteiger partial charge in [0.2, 0.25) is 0 Å². The summed E-state index contributed by atoms with van der Waals surface area (Å²) in [5.41, 5.74) is 0.445. The quantitative estimate of drug-likeness (QED) is 0.801. The summed E-state index contributed by atoms with van der Waals surface area (Å²) in [5, 5.41) is 19.1. The van der Waals surface area contributed by atoms with E-state index in [0.29, 0.717) is 6.42 Å². The highest BCUT2D eigenvalue weighted by Gasteiger charge is 2.39. The van der Waals surface area contributed by atoms with Crippen molar-refractivity contribution in [2.75, 3.05) is 6.61 Å². The molecule has 0 fully saturated rings. The molecule has 2 bridgehead atoms. The summed E-state index contributed by atoms with van der Waals surface area (Å²) in [6.45, 7) is 1.67. The average molecular weight is 280 g/mol. The number of benzene rings is 1. The molecule has 6 heteroatoms. The van der Waals surface area contributed by atoms with Crippen molar-refractivity contribution in [1.29, 1.82) is 0 Å². The van der Waals surface area contributed by atoms with Gasteiger partial charge in [-0.15, -0.1) is 0 Å². The van der Waals surface area contributed by atoms with Crippen LogP contribution < -0.4 is 0 Å². The Kier molecular flexibility index (Phi) is 4.06. The molecule has 0 aromatic heterocycles. The Morgan fingerprint density at radius 1 is 1.10 bits per heavy atom. The van der Waals surface area contributed by atoms with Crippen LogP contribution in [-0.2, 0) is 9.47 Å². The summed E-state index contributed by atoms with van der Waals surface area (Å²) in [4.78, 5) is 23.7. The van der Waals surface area contributed by atoms with Gasteiger partial charge in [-0.05, 0) is 36.6 Å². The minimum Gasteiger partial charge on any atom is -0.396 e. The lowest BCUT2D eigenvalue weighted by molar-refractivity contribution is -0.311. The highest BCUT2D eigenvalue weighted by atomic mass is 16.8. The average Bonchev–Trinajstić information content (AvgIpc) is 2.43. The highest BCUT2D eigenvalue weighted by molar-refractivity contribution is 5.94. The Bertz CT molecular complexity index is 470. The second kappa shape index (κ2) is 5.60. The van der Waals surface area contributed by atoms with Crippen LogP contribution in [0.25, 0.3) is 0 Å². The molecule has 3 rings (SSSR count). The number of aliphatic hydroxyl groups is 2. The van der Waals surface area contributed by atoms with Crippen LogP contribution in [0.4, 0.5) is 0 Å². The first-order valence-electron chi connectivity index (χ1n) is 6.33. The second-order valence-corrected chi connectivity index (χ2v) is 4.89. The van der Waals surface area contributed by atoms with Gasteiger partial charge in [-0.1, -0.05) is 6.92 Å². The van der Waals surface area contributed by atoms with Gasteiger partial charge < -0.3 is 19.7 Å². The molecule has 2 aliphatic heterocycles. The Morgan fingerprint density at radius 3 is 1.95 bits per heavy atom. The van der Waals surface area contributed by atoms with Crippen molar-refractivity contribution in [2.24, 2.45) is 5.92 Å². The monoisotopic (exact) mass is 280 g/mol.